The van der Waals surface area contributed by atoms with Crippen LogP contribution >= 0.6 is 11.6 Å². The molecule has 0 radical (unpaired) electrons. The van der Waals surface area contributed by atoms with Crippen molar-refractivity contribution < 1.29 is 14.0 Å². The average Bonchev–Trinajstić information content (AvgIpc) is 2.72. The van der Waals surface area contributed by atoms with Crippen LogP contribution in [0, 0.1) is 5.82 Å². The van der Waals surface area contributed by atoms with Crippen LogP contribution in [0.2, 0.25) is 5.02 Å². The number of rotatable bonds is 10. The summed E-state index contributed by atoms with van der Waals surface area (Å²) in [5.41, 5.74) is 1.67. The fourth-order valence-corrected chi connectivity index (χ4v) is 3.39. The minimum Gasteiger partial charge on any atom is -0.354 e. The Bertz CT molecular complexity index is 811. The van der Waals surface area contributed by atoms with Crippen LogP contribution in [-0.4, -0.2) is 29.3 Å². The van der Waals surface area contributed by atoms with Crippen molar-refractivity contribution in [3.05, 3.63) is 70.5 Å². The van der Waals surface area contributed by atoms with E-state index in [1.54, 1.807) is 23.1 Å². The molecular weight excluding hydrogens is 391 g/mol. The second-order valence-corrected chi connectivity index (χ2v) is 7.36. The molecule has 0 heterocycles. The third kappa shape index (κ3) is 6.86. The standard InChI is InChI=1S/C23H28ClFN2O2/c1-3-15-26-23(29)21(4-2)27(16-17-9-12-19(25)13-10-17)22(28)14-11-18-7-5-6-8-20(18)24/h5-10,12-13,21H,3-4,11,14-16H2,1-2H3,(H,26,29)/t21-/m0/s1. The average molecular weight is 419 g/mol. The molecule has 0 saturated heterocycles. The van der Waals surface area contributed by atoms with E-state index < -0.39 is 6.04 Å². The quantitative estimate of drug-likeness (QED) is 0.605. The van der Waals surface area contributed by atoms with Crippen molar-refractivity contribution in [3.8, 4) is 0 Å². The highest BCUT2D eigenvalue weighted by molar-refractivity contribution is 6.31. The maximum Gasteiger partial charge on any atom is 0.242 e. The molecule has 0 spiro atoms. The Balaban J connectivity index is 2.19. The molecule has 6 heteroatoms. The summed E-state index contributed by atoms with van der Waals surface area (Å²) >= 11 is 6.20. The van der Waals surface area contributed by atoms with Crippen molar-refractivity contribution in [3.63, 3.8) is 0 Å². The van der Waals surface area contributed by atoms with Gasteiger partial charge in [0.1, 0.15) is 11.9 Å². The van der Waals surface area contributed by atoms with Crippen molar-refractivity contribution in [2.45, 2.75) is 52.1 Å². The summed E-state index contributed by atoms with van der Waals surface area (Å²) in [5.74, 6) is -0.631. The third-order valence-electron chi connectivity index (χ3n) is 4.77. The minimum atomic E-state index is -0.578. The minimum absolute atomic E-state index is 0.132. The molecule has 0 aromatic heterocycles. The van der Waals surface area contributed by atoms with Gasteiger partial charge >= 0.3 is 0 Å². The zero-order chi connectivity index (χ0) is 21.2. The number of halogens is 2. The summed E-state index contributed by atoms with van der Waals surface area (Å²) in [6, 6.07) is 12.8. The highest BCUT2D eigenvalue weighted by Crippen LogP contribution is 2.19. The monoisotopic (exact) mass is 418 g/mol. The van der Waals surface area contributed by atoms with Gasteiger partial charge in [-0.2, -0.15) is 0 Å². The zero-order valence-corrected chi connectivity index (χ0v) is 17.7. The number of benzene rings is 2. The lowest BCUT2D eigenvalue weighted by Crippen LogP contribution is -2.49. The molecule has 0 aliphatic carbocycles. The Morgan fingerprint density at radius 1 is 1.10 bits per heavy atom. The number of nitrogens with zero attached hydrogens (tertiary/aromatic N) is 1. The SMILES string of the molecule is CCCNC(=O)[C@H](CC)N(Cc1ccc(F)cc1)C(=O)CCc1ccccc1Cl. The predicted octanol–water partition coefficient (Wildman–Crippen LogP) is 4.75. The van der Waals surface area contributed by atoms with Gasteiger partial charge < -0.3 is 10.2 Å². The van der Waals surface area contributed by atoms with E-state index in [4.69, 9.17) is 11.6 Å². The fourth-order valence-electron chi connectivity index (χ4n) is 3.16. The van der Waals surface area contributed by atoms with E-state index in [0.29, 0.717) is 24.4 Å². The molecule has 0 unspecified atom stereocenters. The van der Waals surface area contributed by atoms with Crippen molar-refractivity contribution in [2.75, 3.05) is 6.54 Å². The lowest BCUT2D eigenvalue weighted by Gasteiger charge is -2.31. The van der Waals surface area contributed by atoms with Crippen LogP contribution in [0.1, 0.15) is 44.2 Å². The van der Waals surface area contributed by atoms with E-state index in [-0.39, 0.29) is 30.6 Å². The second-order valence-electron chi connectivity index (χ2n) is 6.95. The van der Waals surface area contributed by atoms with Gasteiger partial charge in [0.15, 0.2) is 0 Å². The Hall–Kier alpha value is -2.40. The first-order chi connectivity index (χ1) is 14.0. The van der Waals surface area contributed by atoms with Crippen molar-refractivity contribution in [2.24, 2.45) is 0 Å². The molecule has 29 heavy (non-hydrogen) atoms. The van der Waals surface area contributed by atoms with Crippen LogP contribution < -0.4 is 5.32 Å². The topological polar surface area (TPSA) is 49.4 Å². The summed E-state index contributed by atoms with van der Waals surface area (Å²) in [6.07, 6.45) is 2.04. The molecular formula is C23H28ClFN2O2. The van der Waals surface area contributed by atoms with Crippen LogP contribution in [0.3, 0.4) is 0 Å². The van der Waals surface area contributed by atoms with Crippen LogP contribution in [0.4, 0.5) is 4.39 Å². The lowest BCUT2D eigenvalue weighted by atomic mass is 10.1. The summed E-state index contributed by atoms with van der Waals surface area (Å²) in [6.45, 7) is 4.68. The predicted molar refractivity (Wildman–Crippen MR) is 114 cm³/mol. The number of hydrogen-bond donors (Lipinski definition) is 1. The molecule has 156 valence electrons. The fraction of sp³-hybridized carbons (Fsp3) is 0.391. The Kier molecular flexibility index (Phi) is 9.13. The van der Waals surface area contributed by atoms with Crippen molar-refractivity contribution in [1.29, 1.82) is 0 Å². The van der Waals surface area contributed by atoms with E-state index in [1.165, 1.54) is 12.1 Å². The summed E-state index contributed by atoms with van der Waals surface area (Å²) in [5, 5.41) is 3.51. The van der Waals surface area contributed by atoms with Gasteiger partial charge in [-0.25, -0.2) is 4.39 Å². The molecule has 2 aromatic carbocycles. The molecule has 2 aromatic rings. The van der Waals surface area contributed by atoms with Crippen molar-refractivity contribution >= 4 is 23.4 Å². The summed E-state index contributed by atoms with van der Waals surface area (Å²) in [4.78, 5) is 27.4. The van der Waals surface area contributed by atoms with Gasteiger partial charge in [0.05, 0.1) is 0 Å². The molecule has 0 saturated carbocycles. The van der Waals surface area contributed by atoms with Gasteiger partial charge in [-0.3, -0.25) is 9.59 Å². The lowest BCUT2D eigenvalue weighted by molar-refractivity contribution is -0.141. The smallest absolute Gasteiger partial charge is 0.242 e. The first kappa shape index (κ1) is 22.9. The zero-order valence-electron chi connectivity index (χ0n) is 17.0. The molecule has 0 aliphatic heterocycles. The van der Waals surface area contributed by atoms with Gasteiger partial charge in [0, 0.05) is 24.5 Å². The molecule has 0 bridgehead atoms. The highest BCUT2D eigenvalue weighted by Gasteiger charge is 2.28. The van der Waals surface area contributed by atoms with Gasteiger partial charge in [0.2, 0.25) is 11.8 Å². The van der Waals surface area contributed by atoms with Gasteiger partial charge in [0.25, 0.3) is 0 Å². The normalized spacial score (nSPS) is 11.7. The molecule has 2 rings (SSSR count). The molecule has 1 atom stereocenters. The van der Waals surface area contributed by atoms with Crippen LogP contribution in [-0.2, 0) is 22.6 Å². The van der Waals surface area contributed by atoms with E-state index >= 15 is 0 Å². The number of carbonyl (C=O) groups excluding carboxylic acids is 2. The molecule has 0 fully saturated rings. The van der Waals surface area contributed by atoms with Crippen LogP contribution in [0.5, 0.6) is 0 Å². The van der Waals surface area contributed by atoms with Gasteiger partial charge in [-0.15, -0.1) is 0 Å². The molecule has 4 nitrogen and oxygen atoms in total. The summed E-state index contributed by atoms with van der Waals surface area (Å²) < 4.78 is 13.3. The first-order valence-electron chi connectivity index (χ1n) is 10.0. The third-order valence-corrected chi connectivity index (χ3v) is 5.14. The molecule has 1 N–H and O–H groups in total. The van der Waals surface area contributed by atoms with Crippen LogP contribution in [0.25, 0.3) is 0 Å². The summed E-state index contributed by atoms with van der Waals surface area (Å²) in [7, 11) is 0. The first-order valence-corrected chi connectivity index (χ1v) is 10.4. The largest absolute Gasteiger partial charge is 0.354 e. The van der Waals surface area contributed by atoms with E-state index in [9.17, 15) is 14.0 Å². The highest BCUT2D eigenvalue weighted by atomic mass is 35.5. The maximum atomic E-state index is 13.3. The number of amides is 2. The molecule has 2 amide bonds. The van der Waals surface area contributed by atoms with Crippen molar-refractivity contribution in [1.82, 2.24) is 10.2 Å². The van der Waals surface area contributed by atoms with Gasteiger partial charge in [-0.05, 0) is 48.6 Å². The Labute approximate surface area is 177 Å². The number of nitrogens with one attached hydrogen (secondary N) is 1. The van der Waals surface area contributed by atoms with Crippen LogP contribution in [0.15, 0.2) is 48.5 Å². The Morgan fingerprint density at radius 3 is 2.41 bits per heavy atom. The Morgan fingerprint density at radius 2 is 1.79 bits per heavy atom. The number of aryl methyl sites for hydroxylation is 1. The maximum absolute atomic E-state index is 13.3. The molecule has 0 aliphatic rings. The van der Waals surface area contributed by atoms with E-state index in [1.807, 2.05) is 32.0 Å². The number of hydrogen-bond acceptors (Lipinski definition) is 2. The van der Waals surface area contributed by atoms with E-state index in [2.05, 4.69) is 5.32 Å². The number of carbonyl (C=O) groups is 2. The van der Waals surface area contributed by atoms with E-state index in [0.717, 1.165) is 17.5 Å². The second kappa shape index (κ2) is 11.6. The van der Waals surface area contributed by atoms with Gasteiger partial charge in [-0.1, -0.05) is 55.8 Å².